The number of hydrogen-bond acceptors (Lipinski definition) is 4. The first-order chi connectivity index (χ1) is 9.49. The van der Waals surface area contributed by atoms with Crippen molar-refractivity contribution in [2.75, 3.05) is 0 Å². The van der Waals surface area contributed by atoms with E-state index in [9.17, 15) is 14.7 Å². The van der Waals surface area contributed by atoms with E-state index < -0.39 is 23.3 Å². The van der Waals surface area contributed by atoms with Crippen LogP contribution in [0.25, 0.3) is 0 Å². The number of alkyl carbamates (subject to hydrolysis) is 1. The molecule has 1 aliphatic rings. The second-order valence-corrected chi connectivity index (χ2v) is 7.22. The van der Waals surface area contributed by atoms with Crippen LogP contribution < -0.4 is 10.6 Å². The van der Waals surface area contributed by atoms with Crippen LogP contribution in [0.2, 0.25) is 0 Å². The lowest BCUT2D eigenvalue weighted by Crippen LogP contribution is -2.59. The van der Waals surface area contributed by atoms with Crippen LogP contribution in [0.3, 0.4) is 0 Å². The maximum atomic E-state index is 12.3. The van der Waals surface area contributed by atoms with E-state index in [-0.39, 0.29) is 11.9 Å². The van der Waals surface area contributed by atoms with Crippen molar-refractivity contribution in [1.82, 2.24) is 10.6 Å². The van der Waals surface area contributed by atoms with E-state index in [0.29, 0.717) is 0 Å². The number of carbonyl (C=O) groups is 2. The fourth-order valence-corrected chi connectivity index (χ4v) is 2.34. The molecule has 1 rings (SSSR count). The predicted molar refractivity (Wildman–Crippen MR) is 79.9 cm³/mol. The molecule has 122 valence electrons. The molecule has 1 aliphatic carbocycles. The maximum Gasteiger partial charge on any atom is 0.408 e. The lowest BCUT2D eigenvalue weighted by molar-refractivity contribution is -0.129. The fourth-order valence-electron chi connectivity index (χ4n) is 2.34. The van der Waals surface area contributed by atoms with E-state index in [1.54, 1.807) is 20.8 Å². The van der Waals surface area contributed by atoms with Crippen molar-refractivity contribution in [2.24, 2.45) is 0 Å². The first kappa shape index (κ1) is 17.8. The Labute approximate surface area is 126 Å². The molecule has 21 heavy (non-hydrogen) atoms. The second-order valence-electron chi connectivity index (χ2n) is 7.22. The minimum atomic E-state index is -1.38. The lowest BCUT2D eigenvalue weighted by atomic mass is 9.98. The molecule has 0 aliphatic heterocycles. The van der Waals surface area contributed by atoms with Gasteiger partial charge in [0.25, 0.3) is 0 Å². The molecule has 0 unspecified atom stereocenters. The van der Waals surface area contributed by atoms with Gasteiger partial charge in [-0.2, -0.15) is 0 Å². The summed E-state index contributed by atoms with van der Waals surface area (Å²) in [6, 6.07) is -0.921. The highest BCUT2D eigenvalue weighted by molar-refractivity contribution is 5.87. The quantitative estimate of drug-likeness (QED) is 0.737. The minimum absolute atomic E-state index is 0.128. The van der Waals surface area contributed by atoms with E-state index >= 15 is 0 Å². The van der Waals surface area contributed by atoms with E-state index in [2.05, 4.69) is 10.6 Å². The van der Waals surface area contributed by atoms with E-state index in [4.69, 9.17) is 4.74 Å². The van der Waals surface area contributed by atoms with E-state index in [0.717, 1.165) is 25.7 Å². The molecule has 0 heterocycles. The Morgan fingerprint density at radius 2 is 1.67 bits per heavy atom. The van der Waals surface area contributed by atoms with Crippen LogP contribution in [0.5, 0.6) is 0 Å². The van der Waals surface area contributed by atoms with Gasteiger partial charge in [-0.05, 0) is 47.5 Å². The predicted octanol–water partition coefficient (Wildman–Crippen LogP) is 1.71. The Morgan fingerprint density at radius 3 is 2.10 bits per heavy atom. The Hall–Kier alpha value is -1.30. The summed E-state index contributed by atoms with van der Waals surface area (Å²) in [6.45, 7) is 8.20. The summed E-state index contributed by atoms with van der Waals surface area (Å²) in [6.07, 6.45) is 3.36. The Kier molecular flexibility index (Phi) is 5.61. The number of hydrogen-bond donors (Lipinski definition) is 3. The molecule has 1 fully saturated rings. The van der Waals surface area contributed by atoms with Crippen molar-refractivity contribution in [3.63, 3.8) is 0 Å². The van der Waals surface area contributed by atoms with Gasteiger partial charge < -0.3 is 20.5 Å². The van der Waals surface area contributed by atoms with Crippen molar-refractivity contribution in [1.29, 1.82) is 0 Å². The Morgan fingerprint density at radius 1 is 1.14 bits per heavy atom. The molecule has 6 nitrogen and oxygen atoms in total. The van der Waals surface area contributed by atoms with Crippen LogP contribution in [0.4, 0.5) is 4.79 Å². The maximum absolute atomic E-state index is 12.3. The first-order valence-corrected chi connectivity index (χ1v) is 7.51. The number of ether oxygens (including phenoxy) is 1. The molecular weight excluding hydrogens is 272 g/mol. The van der Waals surface area contributed by atoms with Gasteiger partial charge in [0.1, 0.15) is 11.6 Å². The highest BCUT2D eigenvalue weighted by Crippen LogP contribution is 2.19. The second kappa shape index (κ2) is 6.64. The van der Waals surface area contributed by atoms with Gasteiger partial charge in [-0.25, -0.2) is 4.79 Å². The van der Waals surface area contributed by atoms with Crippen LogP contribution >= 0.6 is 0 Å². The van der Waals surface area contributed by atoms with Crippen molar-refractivity contribution < 1.29 is 19.4 Å². The van der Waals surface area contributed by atoms with Gasteiger partial charge in [-0.15, -0.1) is 0 Å². The van der Waals surface area contributed by atoms with E-state index in [1.165, 1.54) is 13.8 Å². The number of rotatable bonds is 4. The summed E-state index contributed by atoms with van der Waals surface area (Å²) < 4.78 is 5.14. The van der Waals surface area contributed by atoms with Crippen LogP contribution in [-0.4, -0.2) is 40.4 Å². The van der Waals surface area contributed by atoms with Crippen LogP contribution in [0.1, 0.15) is 60.3 Å². The van der Waals surface area contributed by atoms with Gasteiger partial charge in [0.2, 0.25) is 5.91 Å². The van der Waals surface area contributed by atoms with Gasteiger partial charge in [-0.1, -0.05) is 12.8 Å². The highest BCUT2D eigenvalue weighted by atomic mass is 16.6. The van der Waals surface area contributed by atoms with Crippen molar-refractivity contribution in [3.05, 3.63) is 0 Å². The average molecular weight is 300 g/mol. The zero-order chi connectivity index (χ0) is 16.3. The Balaban J connectivity index is 2.67. The van der Waals surface area contributed by atoms with E-state index in [1.807, 2.05) is 0 Å². The average Bonchev–Trinajstić information content (AvgIpc) is 2.74. The number of carbonyl (C=O) groups excluding carboxylic acids is 2. The zero-order valence-corrected chi connectivity index (χ0v) is 13.7. The van der Waals surface area contributed by atoms with Gasteiger partial charge >= 0.3 is 6.09 Å². The third kappa shape index (κ3) is 6.33. The van der Waals surface area contributed by atoms with Gasteiger partial charge in [0, 0.05) is 6.04 Å². The summed E-state index contributed by atoms with van der Waals surface area (Å²) in [7, 11) is 0. The standard InChI is InChI=1S/C15H28N2O4/c1-14(2,3)21-13(19)17-11(15(4,5)20)12(18)16-10-8-6-7-9-10/h10-11,20H,6-9H2,1-5H3,(H,16,18)(H,17,19)/t11-/m0/s1. The van der Waals surface area contributed by atoms with Gasteiger partial charge in [0.15, 0.2) is 0 Å². The minimum Gasteiger partial charge on any atom is -0.444 e. The number of amides is 2. The van der Waals surface area contributed by atoms with Crippen LogP contribution in [0.15, 0.2) is 0 Å². The third-order valence-electron chi connectivity index (χ3n) is 3.33. The monoisotopic (exact) mass is 300 g/mol. The van der Waals surface area contributed by atoms with Crippen molar-refractivity contribution in [3.8, 4) is 0 Å². The molecule has 0 aromatic heterocycles. The molecule has 0 radical (unpaired) electrons. The molecule has 2 amide bonds. The van der Waals surface area contributed by atoms with Gasteiger partial charge in [-0.3, -0.25) is 4.79 Å². The van der Waals surface area contributed by atoms with Crippen molar-refractivity contribution >= 4 is 12.0 Å². The Bertz CT molecular complexity index is 376. The summed E-state index contributed by atoms with van der Waals surface area (Å²) in [5.74, 6) is -0.375. The number of nitrogens with one attached hydrogen (secondary N) is 2. The molecule has 0 aromatic carbocycles. The summed E-state index contributed by atoms with van der Waals surface area (Å²) >= 11 is 0. The molecule has 3 N–H and O–H groups in total. The molecule has 0 aromatic rings. The number of aliphatic hydroxyl groups is 1. The molecule has 0 bridgehead atoms. The molecule has 0 saturated heterocycles. The zero-order valence-electron chi connectivity index (χ0n) is 13.7. The summed E-state index contributed by atoms with van der Waals surface area (Å²) in [5, 5.41) is 15.5. The molecule has 0 spiro atoms. The smallest absolute Gasteiger partial charge is 0.408 e. The molecular formula is C15H28N2O4. The van der Waals surface area contributed by atoms with Crippen LogP contribution in [0, 0.1) is 0 Å². The largest absolute Gasteiger partial charge is 0.444 e. The molecule has 1 atom stereocenters. The fraction of sp³-hybridized carbons (Fsp3) is 0.867. The topological polar surface area (TPSA) is 87.7 Å². The first-order valence-electron chi connectivity index (χ1n) is 7.51. The van der Waals surface area contributed by atoms with Crippen molar-refractivity contribution in [2.45, 2.75) is 83.6 Å². The summed E-state index contributed by atoms with van der Waals surface area (Å²) in [5.41, 5.74) is -2.03. The normalized spacial score (nSPS) is 18.2. The van der Waals surface area contributed by atoms with Crippen LogP contribution in [-0.2, 0) is 9.53 Å². The third-order valence-corrected chi connectivity index (χ3v) is 3.33. The molecule has 6 heteroatoms. The molecule has 1 saturated carbocycles. The SMILES string of the molecule is CC(C)(C)OC(=O)N[C@@H](C(=O)NC1CCCC1)C(C)(C)O. The van der Waals surface area contributed by atoms with Gasteiger partial charge in [0.05, 0.1) is 5.60 Å². The lowest BCUT2D eigenvalue weighted by Gasteiger charge is -2.31. The summed E-state index contributed by atoms with van der Waals surface area (Å²) in [4.78, 5) is 24.1. The highest BCUT2D eigenvalue weighted by Gasteiger charge is 2.37.